The van der Waals surface area contributed by atoms with E-state index < -0.39 is 17.7 Å². The smallest absolute Gasteiger partial charge is 0.296 e. The summed E-state index contributed by atoms with van der Waals surface area (Å²) in [4.78, 5) is 27.7. The number of amides is 1. The predicted molar refractivity (Wildman–Crippen MR) is 125 cm³/mol. The number of likely N-dealkylation sites (tertiary alicyclic amines) is 1. The van der Waals surface area contributed by atoms with E-state index in [4.69, 9.17) is 9.15 Å². The van der Waals surface area contributed by atoms with Gasteiger partial charge in [0.15, 0.2) is 0 Å². The minimum Gasteiger partial charge on any atom is -0.507 e. The largest absolute Gasteiger partial charge is 0.507 e. The van der Waals surface area contributed by atoms with Crippen molar-refractivity contribution in [2.24, 2.45) is 0 Å². The van der Waals surface area contributed by atoms with Gasteiger partial charge in [-0.25, -0.2) is 0 Å². The summed E-state index contributed by atoms with van der Waals surface area (Å²) in [5, 5.41) is 11.3. The van der Waals surface area contributed by atoms with Crippen molar-refractivity contribution in [2.75, 3.05) is 7.11 Å². The normalized spacial score (nSPS) is 17.7. The standard InChI is InChI=1S/C27H27NO5/c1-16(2)18-7-9-19(10-8-18)24-23(25(29)22-12-11-20(32-4)14-17(22)3)26(30)27(31)28(24)15-21-6-5-13-33-21/h5-14,16,24,29H,15H2,1-4H3/b25-23-. The number of Topliss-reactive ketones (excluding diaryl/α,β-unsaturated/α-hetero) is 1. The predicted octanol–water partition coefficient (Wildman–Crippen LogP) is 5.34. The molecule has 0 radical (unpaired) electrons. The SMILES string of the molecule is COc1ccc(/C(O)=C2/C(=O)C(=O)N(Cc3ccco3)C2c2ccc(C(C)C)cc2)c(C)c1. The van der Waals surface area contributed by atoms with Gasteiger partial charge in [-0.3, -0.25) is 9.59 Å². The minimum absolute atomic E-state index is 0.0668. The lowest BCUT2D eigenvalue weighted by Crippen LogP contribution is -2.29. The molecule has 0 spiro atoms. The van der Waals surface area contributed by atoms with Crippen LogP contribution in [0.25, 0.3) is 5.76 Å². The fraction of sp³-hybridized carbons (Fsp3) is 0.259. The van der Waals surface area contributed by atoms with Gasteiger partial charge in [0.05, 0.1) is 31.5 Å². The average Bonchev–Trinajstić information content (AvgIpc) is 3.41. The van der Waals surface area contributed by atoms with E-state index in [-0.39, 0.29) is 17.9 Å². The molecule has 2 aromatic carbocycles. The van der Waals surface area contributed by atoms with E-state index in [0.29, 0.717) is 23.0 Å². The Balaban J connectivity index is 1.86. The van der Waals surface area contributed by atoms with Crippen LogP contribution in [0.2, 0.25) is 0 Å². The van der Waals surface area contributed by atoms with Crippen molar-refractivity contribution in [2.45, 2.75) is 39.3 Å². The molecule has 1 amide bonds. The number of ketones is 1. The number of nitrogens with zero attached hydrogens (tertiary/aromatic N) is 1. The maximum absolute atomic E-state index is 13.2. The molecule has 1 aliphatic heterocycles. The molecule has 1 fully saturated rings. The molecule has 1 N–H and O–H groups in total. The van der Waals surface area contributed by atoms with Gasteiger partial charge in [0.2, 0.25) is 0 Å². The Labute approximate surface area is 193 Å². The maximum atomic E-state index is 13.2. The number of furan rings is 1. The highest BCUT2D eigenvalue weighted by molar-refractivity contribution is 6.46. The van der Waals surface area contributed by atoms with Crippen molar-refractivity contribution in [1.82, 2.24) is 4.90 Å². The number of methoxy groups -OCH3 is 1. The van der Waals surface area contributed by atoms with E-state index in [1.165, 1.54) is 11.2 Å². The number of aryl methyl sites for hydroxylation is 1. The summed E-state index contributed by atoms with van der Waals surface area (Å²) in [6.07, 6.45) is 1.53. The Morgan fingerprint density at radius 1 is 1.12 bits per heavy atom. The second-order valence-electron chi connectivity index (χ2n) is 8.51. The van der Waals surface area contributed by atoms with Crippen LogP contribution in [0.3, 0.4) is 0 Å². The molecular formula is C27H27NO5. The summed E-state index contributed by atoms with van der Waals surface area (Å²) in [6, 6.07) is 15.8. The first kappa shape index (κ1) is 22.4. The van der Waals surface area contributed by atoms with Crippen LogP contribution in [0.1, 0.15) is 53.8 Å². The number of rotatable bonds is 6. The summed E-state index contributed by atoms with van der Waals surface area (Å²) in [5.74, 6) is -0.0439. The van der Waals surface area contributed by atoms with E-state index in [2.05, 4.69) is 13.8 Å². The third kappa shape index (κ3) is 4.16. The Kier molecular flexibility index (Phi) is 6.09. The first-order valence-electron chi connectivity index (χ1n) is 10.9. The van der Waals surface area contributed by atoms with Gasteiger partial charge in [-0.05, 0) is 59.9 Å². The van der Waals surface area contributed by atoms with Crippen molar-refractivity contribution < 1.29 is 23.8 Å². The number of aliphatic hydroxyl groups excluding tert-OH is 1. The van der Waals surface area contributed by atoms with Crippen molar-refractivity contribution in [3.05, 3.63) is 94.4 Å². The molecular weight excluding hydrogens is 418 g/mol. The molecule has 3 aromatic rings. The molecule has 33 heavy (non-hydrogen) atoms. The molecule has 6 heteroatoms. The number of benzene rings is 2. The zero-order chi connectivity index (χ0) is 23.7. The average molecular weight is 446 g/mol. The third-order valence-electron chi connectivity index (χ3n) is 6.05. The highest BCUT2D eigenvalue weighted by Gasteiger charge is 2.46. The monoisotopic (exact) mass is 445 g/mol. The lowest BCUT2D eigenvalue weighted by molar-refractivity contribution is -0.140. The third-order valence-corrected chi connectivity index (χ3v) is 6.05. The summed E-state index contributed by atoms with van der Waals surface area (Å²) >= 11 is 0. The van der Waals surface area contributed by atoms with E-state index in [9.17, 15) is 14.7 Å². The van der Waals surface area contributed by atoms with Crippen LogP contribution in [-0.4, -0.2) is 28.8 Å². The second-order valence-corrected chi connectivity index (χ2v) is 8.51. The van der Waals surface area contributed by atoms with Gasteiger partial charge in [-0.2, -0.15) is 0 Å². The Morgan fingerprint density at radius 3 is 2.42 bits per heavy atom. The second kappa shape index (κ2) is 8.98. The minimum atomic E-state index is -0.738. The van der Waals surface area contributed by atoms with Crippen LogP contribution in [0, 0.1) is 6.92 Å². The lowest BCUT2D eigenvalue weighted by Gasteiger charge is -2.25. The topological polar surface area (TPSA) is 80.0 Å². The summed E-state index contributed by atoms with van der Waals surface area (Å²) in [5.41, 5.74) is 3.18. The number of carbonyl (C=O) groups excluding carboxylic acids is 2. The van der Waals surface area contributed by atoms with Crippen LogP contribution >= 0.6 is 0 Å². The van der Waals surface area contributed by atoms with E-state index >= 15 is 0 Å². The maximum Gasteiger partial charge on any atom is 0.296 e. The number of aliphatic hydroxyl groups is 1. The molecule has 0 aliphatic carbocycles. The Hall–Kier alpha value is -3.80. The van der Waals surface area contributed by atoms with Crippen molar-refractivity contribution >= 4 is 17.4 Å². The zero-order valence-electron chi connectivity index (χ0n) is 19.2. The van der Waals surface area contributed by atoms with E-state index in [0.717, 1.165) is 16.7 Å². The van der Waals surface area contributed by atoms with Gasteiger partial charge in [0.1, 0.15) is 17.3 Å². The molecule has 0 saturated carbocycles. The molecule has 1 aromatic heterocycles. The van der Waals surface area contributed by atoms with Gasteiger partial charge in [-0.15, -0.1) is 0 Å². The molecule has 6 nitrogen and oxygen atoms in total. The molecule has 1 aliphatic rings. The van der Waals surface area contributed by atoms with E-state index in [1.54, 1.807) is 37.4 Å². The summed E-state index contributed by atoms with van der Waals surface area (Å²) in [7, 11) is 1.56. The molecule has 1 unspecified atom stereocenters. The number of hydrogen-bond donors (Lipinski definition) is 1. The molecule has 1 atom stereocenters. The van der Waals surface area contributed by atoms with Crippen LogP contribution in [0.15, 0.2) is 70.9 Å². The van der Waals surface area contributed by atoms with Crippen LogP contribution < -0.4 is 4.74 Å². The van der Waals surface area contributed by atoms with Gasteiger partial charge in [0.25, 0.3) is 11.7 Å². The van der Waals surface area contributed by atoms with Crippen molar-refractivity contribution in [3.63, 3.8) is 0 Å². The fourth-order valence-electron chi connectivity index (χ4n) is 4.20. The van der Waals surface area contributed by atoms with E-state index in [1.807, 2.05) is 31.2 Å². The van der Waals surface area contributed by atoms with Gasteiger partial charge >= 0.3 is 0 Å². The van der Waals surface area contributed by atoms with Crippen molar-refractivity contribution in [1.29, 1.82) is 0 Å². The van der Waals surface area contributed by atoms with Gasteiger partial charge in [-0.1, -0.05) is 38.1 Å². The summed E-state index contributed by atoms with van der Waals surface area (Å²) < 4.78 is 10.7. The number of ether oxygens (including phenoxy) is 1. The molecule has 4 rings (SSSR count). The Bertz CT molecular complexity index is 1210. The highest BCUT2D eigenvalue weighted by Crippen LogP contribution is 2.41. The first-order chi connectivity index (χ1) is 15.8. The highest BCUT2D eigenvalue weighted by atomic mass is 16.5. The Morgan fingerprint density at radius 2 is 1.85 bits per heavy atom. The molecule has 170 valence electrons. The molecule has 0 bridgehead atoms. The number of carbonyl (C=O) groups is 2. The lowest BCUT2D eigenvalue weighted by atomic mass is 9.92. The quantitative estimate of drug-likeness (QED) is 0.315. The van der Waals surface area contributed by atoms with Gasteiger partial charge in [0, 0.05) is 5.56 Å². The van der Waals surface area contributed by atoms with Crippen molar-refractivity contribution in [3.8, 4) is 5.75 Å². The van der Waals surface area contributed by atoms with Crippen LogP contribution in [0.5, 0.6) is 5.75 Å². The zero-order valence-corrected chi connectivity index (χ0v) is 19.2. The molecule has 2 heterocycles. The van der Waals surface area contributed by atoms with Crippen LogP contribution in [0.4, 0.5) is 0 Å². The molecule has 1 saturated heterocycles. The first-order valence-corrected chi connectivity index (χ1v) is 10.9. The van der Waals surface area contributed by atoms with Gasteiger partial charge < -0.3 is 19.2 Å². The summed E-state index contributed by atoms with van der Waals surface area (Å²) in [6.45, 7) is 6.14. The van der Waals surface area contributed by atoms with Crippen LogP contribution in [-0.2, 0) is 16.1 Å². The number of hydrogen-bond acceptors (Lipinski definition) is 5. The fourth-order valence-corrected chi connectivity index (χ4v) is 4.20.